The molecule has 1 aliphatic rings. The molecule has 1 aromatic heterocycles. The second kappa shape index (κ2) is 4.04. The standard InChI is InChI=1S/C11H16N2O2/c1-3-10-8(6-15-11(10)14)4-9-5-12-7-13(9)2/h5,7-8,10H,3-4,6H2,1-2H3/t8-,10-/m0/s1/i1D3,2D3,3D2,4D2,5D,7D,8D,10D. The molecule has 0 radical (unpaired) electrons. The predicted molar refractivity (Wildman–Crippen MR) is 55.1 cm³/mol. The summed E-state index contributed by atoms with van der Waals surface area (Å²) < 4.78 is 113. The molecule has 0 aromatic carbocycles. The molecule has 0 bridgehead atoms. The maximum absolute atomic E-state index is 12.3. The fourth-order valence-corrected chi connectivity index (χ4v) is 1.09. The summed E-state index contributed by atoms with van der Waals surface area (Å²) in [7, 11) is 0. The predicted octanol–water partition coefficient (Wildman–Crippen LogP) is 1.16. The van der Waals surface area contributed by atoms with E-state index in [-0.39, 0.29) is 4.57 Å². The lowest BCUT2D eigenvalue weighted by Gasteiger charge is -2.12. The Kier molecular flexibility index (Phi) is 0.721. The first-order valence-electron chi connectivity index (χ1n) is 10.9. The van der Waals surface area contributed by atoms with Gasteiger partial charge in [-0.15, -0.1) is 0 Å². The molecule has 0 aliphatic carbocycles. The van der Waals surface area contributed by atoms with Gasteiger partial charge in [0.2, 0.25) is 0 Å². The molecule has 2 atom stereocenters. The zero-order valence-electron chi connectivity index (χ0n) is 21.4. The van der Waals surface area contributed by atoms with E-state index in [2.05, 4.69) is 9.72 Å². The van der Waals surface area contributed by atoms with Crippen molar-refractivity contribution < 1.29 is 28.7 Å². The molecule has 1 aromatic rings. The minimum atomic E-state index is -3.79. The van der Waals surface area contributed by atoms with Crippen molar-refractivity contribution in [2.75, 3.05) is 6.61 Å². The van der Waals surface area contributed by atoms with Gasteiger partial charge in [0.05, 0.1) is 20.2 Å². The largest absolute Gasteiger partial charge is 0.465 e. The van der Waals surface area contributed by atoms with Crippen molar-refractivity contribution in [1.29, 1.82) is 0 Å². The van der Waals surface area contributed by atoms with Gasteiger partial charge < -0.3 is 9.30 Å². The smallest absolute Gasteiger partial charge is 0.309 e. The van der Waals surface area contributed by atoms with Crippen LogP contribution in [0.25, 0.3) is 0 Å². The number of hydrogen-bond acceptors (Lipinski definition) is 3. The van der Waals surface area contributed by atoms with Crippen molar-refractivity contribution in [3.05, 3.63) is 18.2 Å². The molecular formula is C11H16N2O2. The van der Waals surface area contributed by atoms with E-state index in [9.17, 15) is 4.79 Å². The highest BCUT2D eigenvalue weighted by molar-refractivity contribution is 5.74. The van der Waals surface area contributed by atoms with Crippen LogP contribution >= 0.6 is 0 Å². The number of rotatable bonds is 3. The first-order valence-corrected chi connectivity index (χ1v) is 3.92. The van der Waals surface area contributed by atoms with E-state index in [1.54, 1.807) is 0 Å². The number of aromatic nitrogens is 2. The molecule has 15 heavy (non-hydrogen) atoms. The van der Waals surface area contributed by atoms with E-state index in [1.807, 2.05) is 0 Å². The third kappa shape index (κ3) is 1.89. The number of ether oxygens (including phenoxy) is 1. The molecule has 2 rings (SSSR count). The van der Waals surface area contributed by atoms with Gasteiger partial charge in [0.15, 0.2) is 0 Å². The lowest BCUT2D eigenvalue weighted by molar-refractivity contribution is -0.141. The maximum atomic E-state index is 12.3. The second-order valence-electron chi connectivity index (χ2n) is 2.69. The molecular weight excluding hydrogens is 192 g/mol. The minimum absolute atomic E-state index is 0.000248. The van der Waals surface area contributed by atoms with Gasteiger partial charge in [-0.05, 0) is 12.7 Å². The van der Waals surface area contributed by atoms with Crippen molar-refractivity contribution in [3.8, 4) is 0 Å². The van der Waals surface area contributed by atoms with E-state index in [4.69, 9.17) is 19.2 Å². The Hall–Kier alpha value is -1.32. The maximum Gasteiger partial charge on any atom is 0.309 e. The van der Waals surface area contributed by atoms with E-state index in [0.717, 1.165) is 0 Å². The van der Waals surface area contributed by atoms with Crippen LogP contribution in [0.3, 0.4) is 0 Å². The average molecular weight is 222 g/mol. The fourth-order valence-electron chi connectivity index (χ4n) is 1.09. The molecule has 0 N–H and O–H groups in total. The third-order valence-electron chi connectivity index (χ3n) is 1.78. The number of esters is 1. The summed E-state index contributed by atoms with van der Waals surface area (Å²) in [4.78, 5) is 15.5. The molecule has 1 fully saturated rings. The summed E-state index contributed by atoms with van der Waals surface area (Å²) in [5.41, 5.74) is -1.20. The molecule has 4 nitrogen and oxygen atoms in total. The minimum Gasteiger partial charge on any atom is -0.465 e. The molecule has 0 amide bonds. The number of cyclic esters (lactones) is 1. The van der Waals surface area contributed by atoms with Crippen molar-refractivity contribution in [1.82, 2.24) is 9.55 Å². The molecule has 0 spiro atoms. The summed E-state index contributed by atoms with van der Waals surface area (Å²) in [6.45, 7) is -8.20. The molecule has 2 heterocycles. The molecule has 82 valence electrons. The summed E-state index contributed by atoms with van der Waals surface area (Å²) in [5.74, 6) is -8.84. The topological polar surface area (TPSA) is 44.1 Å². The van der Waals surface area contributed by atoms with Gasteiger partial charge in [0, 0.05) is 41.2 Å². The number of hydrogen-bond donors (Lipinski definition) is 0. The lowest BCUT2D eigenvalue weighted by Crippen LogP contribution is -2.18. The fraction of sp³-hybridized carbons (Fsp3) is 0.636. The first kappa shape index (κ1) is 2.67. The molecule has 0 saturated carbocycles. The molecule has 0 unspecified atom stereocenters. The normalized spacial score (nSPS) is 52.7. The average Bonchev–Trinajstić information content (AvgIpc) is 2.96. The monoisotopic (exact) mass is 222 g/mol. The lowest BCUT2D eigenvalue weighted by atomic mass is 9.89. The van der Waals surface area contributed by atoms with Gasteiger partial charge >= 0.3 is 5.97 Å². The van der Waals surface area contributed by atoms with Crippen LogP contribution in [0, 0.1) is 11.8 Å². The van der Waals surface area contributed by atoms with Crippen molar-refractivity contribution in [2.24, 2.45) is 18.8 Å². The van der Waals surface area contributed by atoms with Gasteiger partial charge in [0.25, 0.3) is 0 Å². The summed E-state index contributed by atoms with van der Waals surface area (Å²) in [5, 5.41) is 0. The van der Waals surface area contributed by atoms with E-state index >= 15 is 0 Å². The summed E-state index contributed by atoms with van der Waals surface area (Å²) >= 11 is 0. The van der Waals surface area contributed by atoms with Crippen molar-refractivity contribution >= 4 is 5.97 Å². The third-order valence-corrected chi connectivity index (χ3v) is 1.78. The second-order valence-corrected chi connectivity index (χ2v) is 2.69. The Bertz CT molecular complexity index is 842. The van der Waals surface area contributed by atoms with Crippen molar-refractivity contribution in [2.45, 2.75) is 19.6 Å². The van der Waals surface area contributed by atoms with E-state index in [0.29, 0.717) is 0 Å². The Labute approximate surface area is 109 Å². The Balaban J connectivity index is 2.87. The Morgan fingerprint density at radius 3 is 3.73 bits per heavy atom. The zero-order valence-corrected chi connectivity index (χ0v) is 7.42. The van der Waals surface area contributed by atoms with Crippen LogP contribution in [0.15, 0.2) is 12.5 Å². The molecule has 1 saturated heterocycles. The highest BCUT2D eigenvalue weighted by Gasteiger charge is 2.35. The summed E-state index contributed by atoms with van der Waals surface area (Å²) in [6, 6.07) is 0. The van der Waals surface area contributed by atoms with Crippen LogP contribution in [0.5, 0.6) is 0 Å². The van der Waals surface area contributed by atoms with Crippen molar-refractivity contribution in [3.63, 3.8) is 0 Å². The highest BCUT2D eigenvalue weighted by Crippen LogP contribution is 2.27. The first-order chi connectivity index (χ1) is 12.7. The molecule has 1 aliphatic heterocycles. The quantitative estimate of drug-likeness (QED) is 0.721. The number of imidazole rings is 1. The SMILES string of the molecule is [2H]c1nc([2H])n(C([2H])([2H])[2H])c1C([2H])([2H])[C@@]1([2H])COC(=O)[C@@]1([2H])C([2H])([2H])C([2H])([2H])[2H]. The van der Waals surface area contributed by atoms with Crippen LogP contribution in [-0.2, 0) is 22.9 Å². The Morgan fingerprint density at radius 1 is 2.00 bits per heavy atom. The van der Waals surface area contributed by atoms with Crippen LogP contribution in [0.1, 0.15) is 38.1 Å². The highest BCUT2D eigenvalue weighted by atomic mass is 16.5. The Morgan fingerprint density at radius 2 is 2.93 bits per heavy atom. The van der Waals surface area contributed by atoms with Gasteiger partial charge in [-0.3, -0.25) is 4.79 Å². The van der Waals surface area contributed by atoms with Crippen LogP contribution in [0.2, 0.25) is 0 Å². The van der Waals surface area contributed by atoms with Gasteiger partial charge in [-0.2, -0.15) is 0 Å². The van der Waals surface area contributed by atoms with Crippen LogP contribution in [0.4, 0.5) is 0 Å². The van der Waals surface area contributed by atoms with Gasteiger partial charge in [0.1, 0.15) is 1.37 Å². The van der Waals surface area contributed by atoms with Gasteiger partial charge in [-0.25, -0.2) is 4.98 Å². The molecule has 4 heteroatoms. The number of carbonyl (C=O) groups is 1. The van der Waals surface area contributed by atoms with E-state index in [1.165, 1.54) is 0 Å². The van der Waals surface area contributed by atoms with Gasteiger partial charge in [-0.1, -0.05) is 6.85 Å². The van der Waals surface area contributed by atoms with E-state index < -0.39 is 69.1 Å². The summed E-state index contributed by atoms with van der Waals surface area (Å²) in [6.07, 6.45) is -9.48. The number of nitrogens with zero attached hydrogens (tertiary/aromatic N) is 2. The van der Waals surface area contributed by atoms with Crippen LogP contribution < -0.4 is 0 Å². The van der Waals surface area contributed by atoms with Crippen LogP contribution in [-0.4, -0.2) is 22.1 Å². The number of carbonyl (C=O) groups excluding carboxylic acids is 1. The zero-order chi connectivity index (χ0) is 23.0.